The van der Waals surface area contributed by atoms with Crippen LogP contribution in [0.15, 0.2) is 83.0 Å². The van der Waals surface area contributed by atoms with Gasteiger partial charge in [-0.15, -0.1) is 0 Å². The molecule has 14 heteroatoms. The van der Waals surface area contributed by atoms with Gasteiger partial charge < -0.3 is 14.8 Å². The topological polar surface area (TPSA) is 103 Å². The first-order valence-electron chi connectivity index (χ1n) is 11.8. The molecular weight excluding hydrogens is 576 g/mol. The molecule has 2 amide bonds. The maximum Gasteiger partial charge on any atom is 0.435 e. The predicted molar refractivity (Wildman–Crippen MR) is 151 cm³/mol. The molecule has 0 aliphatic rings. The van der Waals surface area contributed by atoms with Crippen molar-refractivity contribution in [3.05, 3.63) is 84.6 Å². The van der Waals surface area contributed by atoms with Gasteiger partial charge in [-0.1, -0.05) is 25.3 Å². The van der Waals surface area contributed by atoms with Crippen LogP contribution in [0.2, 0.25) is 0 Å². The minimum atomic E-state index is -4.76. The summed E-state index contributed by atoms with van der Waals surface area (Å²) in [5.41, 5.74) is -0.0809. The van der Waals surface area contributed by atoms with Crippen LogP contribution in [0.1, 0.15) is 13.1 Å². The fourth-order valence-corrected chi connectivity index (χ4v) is 4.79. The Morgan fingerprint density at radius 3 is 2.33 bits per heavy atom. The third-order valence-electron chi connectivity index (χ3n) is 5.72. The fraction of sp³-hybridized carbons (Fsp3) is 0.143. The quantitative estimate of drug-likeness (QED) is 0.148. The molecule has 218 valence electrons. The highest BCUT2D eigenvalue weighted by atomic mass is 32.2. The predicted octanol–water partition coefficient (Wildman–Crippen LogP) is 7.42. The van der Waals surface area contributed by atoms with E-state index in [0.717, 1.165) is 22.2 Å². The Hall–Kier alpha value is -4.85. The van der Waals surface area contributed by atoms with Gasteiger partial charge in [0.25, 0.3) is 0 Å². The monoisotopic (exact) mass is 600 g/mol. The molecule has 5 rings (SSSR count). The number of urea groups is 1. The zero-order chi connectivity index (χ0) is 29.1. The van der Waals surface area contributed by atoms with Crippen molar-refractivity contribution in [3.8, 4) is 17.2 Å². The summed E-state index contributed by atoms with van der Waals surface area (Å²) in [6.07, 6.45) is -3.34. The van der Waals surface area contributed by atoms with Gasteiger partial charge in [-0.25, -0.2) is 23.8 Å². The largest absolute Gasteiger partial charge is 0.493 e. The molecule has 2 N–H and O–H groups in total. The van der Waals surface area contributed by atoms with Gasteiger partial charge in [-0.3, -0.25) is 5.32 Å². The molecule has 0 spiro atoms. The van der Waals surface area contributed by atoms with Crippen LogP contribution in [0.3, 0.4) is 0 Å². The molecule has 0 saturated carbocycles. The number of nitrogens with zero attached hydrogens (tertiary/aromatic N) is 4. The van der Waals surface area contributed by atoms with Crippen LogP contribution in [-0.4, -0.2) is 40.0 Å². The van der Waals surface area contributed by atoms with Crippen molar-refractivity contribution in [2.75, 3.05) is 24.9 Å². The summed E-state index contributed by atoms with van der Waals surface area (Å²) < 4.78 is 65.0. The van der Waals surface area contributed by atoms with E-state index in [1.165, 1.54) is 44.4 Å². The normalized spacial score (nSPS) is 11.1. The summed E-state index contributed by atoms with van der Waals surface area (Å²) >= 11 is 1.31. The Morgan fingerprint density at radius 1 is 0.929 bits per heavy atom. The number of hydrogen-bond donors (Lipinski definition) is 2. The molecule has 0 unspecified atom stereocenters. The second-order valence-electron chi connectivity index (χ2n) is 8.41. The number of methoxy groups -OCH3 is 2. The van der Waals surface area contributed by atoms with E-state index in [4.69, 9.17) is 9.47 Å². The van der Waals surface area contributed by atoms with E-state index in [0.29, 0.717) is 38.7 Å². The van der Waals surface area contributed by atoms with Crippen LogP contribution in [-0.2, 0) is 6.18 Å². The van der Waals surface area contributed by atoms with Crippen molar-refractivity contribution in [3.63, 3.8) is 0 Å². The number of ether oxygens (including phenoxy) is 2. The number of amides is 2. The van der Waals surface area contributed by atoms with E-state index in [2.05, 4.69) is 25.7 Å². The Bertz CT molecular complexity index is 1730. The molecule has 0 saturated heterocycles. The smallest absolute Gasteiger partial charge is 0.435 e. The molecule has 2 aromatic heterocycles. The maximum atomic E-state index is 13.4. The highest BCUT2D eigenvalue weighted by molar-refractivity contribution is 7.99. The number of fused-ring (bicyclic) bond motifs is 1. The third kappa shape index (κ3) is 6.54. The average Bonchev–Trinajstić information content (AvgIpc) is 3.37. The van der Waals surface area contributed by atoms with E-state index >= 15 is 0 Å². The molecule has 0 aliphatic carbocycles. The Kier molecular flexibility index (Phi) is 8.85. The first-order chi connectivity index (χ1) is 19.6. The first kappa shape index (κ1) is 30.1. The number of aromatic nitrogens is 4. The van der Waals surface area contributed by atoms with Crippen LogP contribution in [0, 0.1) is 5.82 Å². The third-order valence-corrected chi connectivity index (χ3v) is 6.73. The molecule has 3 aromatic carbocycles. The summed E-state index contributed by atoms with van der Waals surface area (Å²) in [5.74, 6) is 0.201. The molecule has 2 heterocycles. The van der Waals surface area contributed by atoms with Crippen molar-refractivity contribution in [1.29, 1.82) is 0 Å². The molecule has 0 aliphatic heterocycles. The summed E-state index contributed by atoms with van der Waals surface area (Å²) in [7, 11) is 3.05. The van der Waals surface area contributed by atoms with Gasteiger partial charge in [-0.2, -0.15) is 18.3 Å². The first-order valence-corrected chi connectivity index (χ1v) is 12.6. The standard InChI is InChI=1S/C27H20F4N6O3S.CH4/c1-39-21-11-19-20(12-22(21)40-2)32-14-33-25(19)41-18-5-3-4-16(10-18)34-26(38)35-24-13-23(27(29,30)31)36-37(24)17-8-6-15(28)7-9-17;/h3-14H,1-2H3,(H2,34,35,38);1H4. The second kappa shape index (κ2) is 12.3. The highest BCUT2D eigenvalue weighted by Gasteiger charge is 2.35. The SMILES string of the molecule is C.COc1cc2ncnc(Sc3cccc(NC(=O)Nc4cc(C(F)(F)F)nn4-c4ccc(F)cc4)c3)c2cc1OC. The lowest BCUT2D eigenvalue weighted by Gasteiger charge is -2.12. The van der Waals surface area contributed by atoms with Gasteiger partial charge in [0.2, 0.25) is 0 Å². The molecule has 0 atom stereocenters. The molecule has 0 bridgehead atoms. The fourth-order valence-electron chi connectivity index (χ4n) is 3.86. The lowest BCUT2D eigenvalue weighted by atomic mass is 10.2. The Balaban J connectivity index is 0.00000405. The van der Waals surface area contributed by atoms with Crippen molar-refractivity contribution < 1.29 is 31.8 Å². The van der Waals surface area contributed by atoms with Crippen molar-refractivity contribution >= 4 is 40.2 Å². The van der Waals surface area contributed by atoms with Gasteiger partial charge in [0.1, 0.15) is 23.0 Å². The van der Waals surface area contributed by atoms with E-state index < -0.39 is 23.7 Å². The van der Waals surface area contributed by atoms with Crippen LogP contribution < -0.4 is 20.1 Å². The van der Waals surface area contributed by atoms with E-state index in [1.807, 2.05) is 6.07 Å². The highest BCUT2D eigenvalue weighted by Crippen LogP contribution is 2.37. The molecule has 0 fully saturated rings. The van der Waals surface area contributed by atoms with E-state index in [-0.39, 0.29) is 18.9 Å². The van der Waals surface area contributed by atoms with Crippen LogP contribution in [0.25, 0.3) is 16.6 Å². The van der Waals surface area contributed by atoms with Crippen molar-refractivity contribution in [2.24, 2.45) is 0 Å². The molecular formula is C28H24F4N6O3S. The Labute approximate surface area is 241 Å². The lowest BCUT2D eigenvalue weighted by Crippen LogP contribution is -2.21. The minimum Gasteiger partial charge on any atom is -0.493 e. The van der Waals surface area contributed by atoms with Crippen LogP contribution >= 0.6 is 11.8 Å². The van der Waals surface area contributed by atoms with Gasteiger partial charge in [-0.05, 0) is 48.5 Å². The van der Waals surface area contributed by atoms with E-state index in [1.54, 1.807) is 30.3 Å². The summed E-state index contributed by atoms with van der Waals surface area (Å²) in [4.78, 5) is 22.2. The molecule has 5 aromatic rings. The summed E-state index contributed by atoms with van der Waals surface area (Å²) in [6.45, 7) is 0. The number of carbonyl (C=O) groups excluding carboxylic acids is 1. The zero-order valence-corrected chi connectivity index (χ0v) is 22.2. The number of rotatable bonds is 7. The van der Waals surface area contributed by atoms with Crippen LogP contribution in [0.5, 0.6) is 11.5 Å². The number of hydrogen-bond acceptors (Lipinski definition) is 7. The van der Waals surface area contributed by atoms with Crippen LogP contribution in [0.4, 0.5) is 33.9 Å². The molecule has 42 heavy (non-hydrogen) atoms. The molecule has 9 nitrogen and oxygen atoms in total. The summed E-state index contributed by atoms with van der Waals surface area (Å²) in [6, 6.07) is 14.8. The molecule has 0 radical (unpaired) electrons. The summed E-state index contributed by atoms with van der Waals surface area (Å²) in [5, 5.41) is 9.89. The second-order valence-corrected chi connectivity index (χ2v) is 9.48. The van der Waals surface area contributed by atoms with Gasteiger partial charge in [0.05, 0.1) is 25.4 Å². The van der Waals surface area contributed by atoms with Gasteiger partial charge >= 0.3 is 12.2 Å². The Morgan fingerprint density at radius 2 is 1.64 bits per heavy atom. The van der Waals surface area contributed by atoms with E-state index in [9.17, 15) is 22.4 Å². The van der Waals surface area contributed by atoms with Crippen molar-refractivity contribution in [2.45, 2.75) is 23.5 Å². The number of benzene rings is 3. The minimum absolute atomic E-state index is 0. The number of anilines is 2. The van der Waals surface area contributed by atoms with Gasteiger partial charge in [0.15, 0.2) is 17.2 Å². The average molecular weight is 601 g/mol. The zero-order valence-electron chi connectivity index (χ0n) is 21.4. The number of halogens is 4. The van der Waals surface area contributed by atoms with Gasteiger partial charge in [0, 0.05) is 28.1 Å². The lowest BCUT2D eigenvalue weighted by molar-refractivity contribution is -0.141. The number of carbonyl (C=O) groups is 1. The number of alkyl halides is 3. The maximum absolute atomic E-state index is 13.4. The van der Waals surface area contributed by atoms with Crippen molar-refractivity contribution in [1.82, 2.24) is 19.7 Å². The number of nitrogens with one attached hydrogen (secondary N) is 2.